The van der Waals surface area contributed by atoms with Crippen LogP contribution in [0.2, 0.25) is 0 Å². The number of aliphatic carboxylic acids is 1. The number of carboxylic acid groups (broad SMARTS) is 1. The molecule has 2 amide bonds. The Hall–Kier alpha value is -1.72. The molecule has 0 aromatic carbocycles. The summed E-state index contributed by atoms with van der Waals surface area (Å²) in [6.45, 7) is 8.87. The first-order valence-electron chi connectivity index (χ1n) is 9.33. The molecule has 1 fully saturated rings. The lowest BCUT2D eigenvalue weighted by molar-refractivity contribution is -0.144. The highest BCUT2D eigenvalue weighted by molar-refractivity contribution is 7.85. The van der Waals surface area contributed by atoms with Gasteiger partial charge in [0.2, 0.25) is 0 Å². The second kappa shape index (κ2) is 8.97. The number of amides is 2. The molecule has 1 N–H and O–H groups in total. The largest absolute Gasteiger partial charge is 0.480 e. The van der Waals surface area contributed by atoms with Gasteiger partial charge in [0.05, 0.1) is 18.5 Å². The highest BCUT2D eigenvalue weighted by Gasteiger charge is 2.41. The molecule has 11 heteroatoms. The van der Waals surface area contributed by atoms with Gasteiger partial charge in [-0.25, -0.2) is 14.6 Å². The van der Waals surface area contributed by atoms with E-state index in [-0.39, 0.29) is 30.5 Å². The number of carbonyl (C=O) groups excluding carboxylic acids is 1. The Kier molecular flexibility index (Phi) is 7.28. The third kappa shape index (κ3) is 6.93. The maximum atomic E-state index is 12.8. The van der Waals surface area contributed by atoms with Crippen molar-refractivity contribution in [3.63, 3.8) is 0 Å². The zero-order valence-electron chi connectivity index (χ0n) is 17.4. The standard InChI is InChI=1S/C18H29N3O6S2/c1-12(8-18(2,3)4)15(16(22)23)21-7-6-20(17(21)24)9-13-11-28-14(19-13)10-27-29(5,25)26/h11-12,15H,6-10H2,1-5H3,(H,22,23)/t12?,15-/m0/s1. The van der Waals surface area contributed by atoms with Gasteiger partial charge in [-0.15, -0.1) is 11.3 Å². The van der Waals surface area contributed by atoms with Crippen molar-refractivity contribution in [2.24, 2.45) is 11.3 Å². The lowest BCUT2D eigenvalue weighted by Crippen LogP contribution is -2.48. The number of urea groups is 1. The van der Waals surface area contributed by atoms with Gasteiger partial charge < -0.3 is 14.9 Å². The normalized spacial score (nSPS) is 17.6. The first-order valence-corrected chi connectivity index (χ1v) is 12.0. The first kappa shape index (κ1) is 23.6. The summed E-state index contributed by atoms with van der Waals surface area (Å²) in [5.74, 6) is -1.18. The average molecular weight is 448 g/mol. The van der Waals surface area contributed by atoms with Crippen molar-refractivity contribution in [1.29, 1.82) is 0 Å². The molecular weight excluding hydrogens is 418 g/mol. The van der Waals surface area contributed by atoms with Crippen LogP contribution in [0.5, 0.6) is 0 Å². The van der Waals surface area contributed by atoms with Crippen molar-refractivity contribution in [1.82, 2.24) is 14.8 Å². The van der Waals surface area contributed by atoms with Crippen LogP contribution in [0.3, 0.4) is 0 Å². The average Bonchev–Trinajstić information content (AvgIpc) is 3.12. The predicted octanol–water partition coefficient (Wildman–Crippen LogP) is 2.38. The summed E-state index contributed by atoms with van der Waals surface area (Å²) in [5, 5.41) is 12.0. The smallest absolute Gasteiger partial charge is 0.326 e. The van der Waals surface area contributed by atoms with Crippen molar-refractivity contribution < 1.29 is 27.3 Å². The van der Waals surface area contributed by atoms with Crippen molar-refractivity contribution in [3.8, 4) is 0 Å². The van der Waals surface area contributed by atoms with E-state index < -0.39 is 22.1 Å². The SMILES string of the molecule is CC(CC(C)(C)C)[C@@H](C(=O)O)N1CCN(Cc2csc(COS(C)(=O)=O)n2)C1=O. The van der Waals surface area contributed by atoms with Gasteiger partial charge in [-0.1, -0.05) is 27.7 Å². The van der Waals surface area contributed by atoms with Gasteiger partial charge in [-0.05, 0) is 17.8 Å². The molecule has 2 heterocycles. The maximum Gasteiger partial charge on any atom is 0.326 e. The molecule has 0 aliphatic carbocycles. The van der Waals surface area contributed by atoms with Crippen LogP contribution < -0.4 is 0 Å². The van der Waals surface area contributed by atoms with Gasteiger partial charge in [0, 0.05) is 18.5 Å². The quantitative estimate of drug-likeness (QED) is 0.578. The number of carboxylic acids is 1. The molecule has 1 aliphatic rings. The number of hydrogen-bond acceptors (Lipinski definition) is 7. The third-order valence-electron chi connectivity index (χ3n) is 4.54. The van der Waals surface area contributed by atoms with Crippen molar-refractivity contribution in [2.45, 2.75) is 53.3 Å². The zero-order valence-corrected chi connectivity index (χ0v) is 19.0. The van der Waals surface area contributed by atoms with Crippen LogP contribution in [-0.2, 0) is 32.2 Å². The Morgan fingerprint density at radius 2 is 2.03 bits per heavy atom. The summed E-state index contributed by atoms with van der Waals surface area (Å²) in [6, 6.07) is -1.19. The van der Waals surface area contributed by atoms with E-state index in [0.29, 0.717) is 30.2 Å². The van der Waals surface area contributed by atoms with Crippen LogP contribution in [0.15, 0.2) is 5.38 Å². The molecule has 0 spiro atoms. The maximum absolute atomic E-state index is 12.8. The molecule has 1 saturated heterocycles. The number of hydrogen-bond donors (Lipinski definition) is 1. The monoisotopic (exact) mass is 447 g/mol. The predicted molar refractivity (Wildman–Crippen MR) is 109 cm³/mol. The van der Waals surface area contributed by atoms with Gasteiger partial charge in [-0.2, -0.15) is 8.42 Å². The van der Waals surface area contributed by atoms with Gasteiger partial charge in [0.1, 0.15) is 17.7 Å². The van der Waals surface area contributed by atoms with Crippen LogP contribution >= 0.6 is 11.3 Å². The summed E-state index contributed by atoms with van der Waals surface area (Å²) in [5.41, 5.74) is 0.576. The minimum absolute atomic E-state index is 0.0411. The fraction of sp³-hybridized carbons (Fsp3) is 0.722. The van der Waals surface area contributed by atoms with Crippen LogP contribution in [-0.4, -0.2) is 65.7 Å². The molecule has 0 radical (unpaired) electrons. The molecule has 164 valence electrons. The summed E-state index contributed by atoms with van der Waals surface area (Å²) in [4.78, 5) is 32.0. The van der Waals surface area contributed by atoms with E-state index >= 15 is 0 Å². The molecule has 2 atom stereocenters. The number of rotatable bonds is 9. The fourth-order valence-corrected chi connectivity index (χ4v) is 4.70. The Balaban J connectivity index is 2.03. The van der Waals surface area contributed by atoms with E-state index in [1.54, 1.807) is 10.3 Å². The Labute approximate surface area is 175 Å². The van der Waals surface area contributed by atoms with Crippen LogP contribution in [0.1, 0.15) is 44.8 Å². The van der Waals surface area contributed by atoms with Crippen molar-refractivity contribution >= 4 is 33.5 Å². The van der Waals surface area contributed by atoms with Crippen LogP contribution in [0.25, 0.3) is 0 Å². The molecule has 1 aliphatic heterocycles. The van der Waals surface area contributed by atoms with E-state index in [9.17, 15) is 23.1 Å². The molecule has 29 heavy (non-hydrogen) atoms. The van der Waals surface area contributed by atoms with Gasteiger partial charge in [0.15, 0.2) is 0 Å². The third-order valence-corrected chi connectivity index (χ3v) is 5.95. The second-order valence-corrected chi connectivity index (χ2v) is 11.2. The highest BCUT2D eigenvalue weighted by Crippen LogP contribution is 2.30. The topological polar surface area (TPSA) is 117 Å². The summed E-state index contributed by atoms with van der Waals surface area (Å²) < 4.78 is 26.9. The lowest BCUT2D eigenvalue weighted by Gasteiger charge is -2.32. The Morgan fingerprint density at radius 1 is 1.38 bits per heavy atom. The van der Waals surface area contributed by atoms with Crippen LogP contribution in [0.4, 0.5) is 4.79 Å². The van der Waals surface area contributed by atoms with E-state index in [0.717, 1.165) is 6.26 Å². The first-order chi connectivity index (χ1) is 13.3. The van der Waals surface area contributed by atoms with E-state index in [1.807, 2.05) is 27.7 Å². The van der Waals surface area contributed by atoms with Crippen LogP contribution in [0, 0.1) is 11.3 Å². The molecule has 0 bridgehead atoms. The number of nitrogens with zero attached hydrogens (tertiary/aromatic N) is 3. The van der Waals surface area contributed by atoms with E-state index in [1.165, 1.54) is 16.2 Å². The molecule has 0 saturated carbocycles. The minimum Gasteiger partial charge on any atom is -0.480 e. The Bertz CT molecular complexity index is 846. The van der Waals surface area contributed by atoms with E-state index in [2.05, 4.69) is 4.98 Å². The van der Waals surface area contributed by atoms with Crippen molar-refractivity contribution in [3.05, 3.63) is 16.1 Å². The second-order valence-electron chi connectivity index (χ2n) is 8.62. The number of thiazole rings is 1. The fourth-order valence-electron chi connectivity index (χ4n) is 3.61. The Morgan fingerprint density at radius 3 is 2.59 bits per heavy atom. The van der Waals surface area contributed by atoms with Crippen molar-refractivity contribution in [2.75, 3.05) is 19.3 Å². The molecule has 2 rings (SSSR count). The zero-order chi connectivity index (χ0) is 22.0. The minimum atomic E-state index is -3.55. The van der Waals surface area contributed by atoms with Gasteiger partial charge >= 0.3 is 12.0 Å². The highest BCUT2D eigenvalue weighted by atomic mass is 32.2. The van der Waals surface area contributed by atoms with Gasteiger partial charge in [0.25, 0.3) is 10.1 Å². The molecule has 1 aromatic heterocycles. The van der Waals surface area contributed by atoms with E-state index in [4.69, 9.17) is 4.18 Å². The lowest BCUT2D eigenvalue weighted by atomic mass is 9.82. The molecular formula is C18H29N3O6S2. The van der Waals surface area contributed by atoms with Gasteiger partial charge in [-0.3, -0.25) is 4.18 Å². The summed E-state index contributed by atoms with van der Waals surface area (Å²) >= 11 is 1.25. The summed E-state index contributed by atoms with van der Waals surface area (Å²) in [7, 11) is -3.55. The summed E-state index contributed by atoms with van der Waals surface area (Å²) in [6.07, 6.45) is 1.65. The molecule has 9 nitrogen and oxygen atoms in total. The molecule has 1 aromatic rings. The number of carbonyl (C=O) groups is 2. The number of aromatic nitrogens is 1. The molecule has 1 unspecified atom stereocenters.